The highest BCUT2D eigenvalue weighted by Crippen LogP contribution is 2.72. The van der Waals surface area contributed by atoms with E-state index in [4.69, 9.17) is 9.05 Å². The van der Waals surface area contributed by atoms with Crippen molar-refractivity contribution in [2.45, 2.75) is 0 Å². The lowest BCUT2D eigenvalue weighted by Crippen LogP contribution is -1.79. The van der Waals surface area contributed by atoms with Crippen molar-refractivity contribution in [3.63, 3.8) is 0 Å². The molecule has 0 unspecified atom stereocenters. The summed E-state index contributed by atoms with van der Waals surface area (Å²) >= 11 is 7.96. The van der Waals surface area contributed by atoms with E-state index >= 15 is 0 Å². The Morgan fingerprint density at radius 2 is 1.57 bits per heavy atom. The van der Waals surface area contributed by atoms with E-state index < -0.39 is 6.12 Å². The summed E-state index contributed by atoms with van der Waals surface area (Å²) in [7, 11) is 0. The molecule has 0 aliphatic carbocycles. The van der Waals surface area contributed by atoms with Crippen LogP contribution >= 0.6 is 30.6 Å². The standard InChI is InChI=1S/C2H6O2PS2/c6-5(7)3-1-2-4-5/h6-7H,1-2H2. The summed E-state index contributed by atoms with van der Waals surface area (Å²) in [6.45, 7) is 1.28. The minimum absolute atomic E-state index is 0.640. The molecule has 0 spiro atoms. The van der Waals surface area contributed by atoms with Crippen LogP contribution in [-0.4, -0.2) is 13.2 Å². The first-order valence-corrected chi connectivity index (χ1v) is 5.77. The zero-order valence-electron chi connectivity index (χ0n) is 3.57. The van der Waals surface area contributed by atoms with Crippen LogP contribution in [0.3, 0.4) is 0 Å². The molecule has 43 valence electrons. The molecule has 0 aromatic carbocycles. The molecule has 0 aromatic heterocycles. The summed E-state index contributed by atoms with van der Waals surface area (Å²) in [6, 6.07) is 0. The van der Waals surface area contributed by atoms with Gasteiger partial charge in [-0.1, -0.05) is 24.5 Å². The van der Waals surface area contributed by atoms with Gasteiger partial charge in [-0.15, -0.1) is 0 Å². The highest BCUT2D eigenvalue weighted by atomic mass is 33.1. The van der Waals surface area contributed by atoms with Gasteiger partial charge < -0.3 is 9.05 Å². The second-order valence-electron chi connectivity index (χ2n) is 1.16. The molecule has 0 bridgehead atoms. The van der Waals surface area contributed by atoms with E-state index in [-0.39, 0.29) is 0 Å². The molecule has 5 heteroatoms. The number of hydrogen-bond acceptors (Lipinski definition) is 4. The summed E-state index contributed by atoms with van der Waals surface area (Å²) in [5.74, 6) is 0. The molecular formula is C2H6O2PS2. The predicted molar refractivity (Wildman–Crippen MR) is 36.8 cm³/mol. The molecule has 7 heavy (non-hydrogen) atoms. The Bertz CT molecular complexity index is 68.1. The molecule has 0 N–H and O–H groups in total. The Hall–Kier alpha value is 1.05. The van der Waals surface area contributed by atoms with Crippen LogP contribution in [0.2, 0.25) is 0 Å². The first-order valence-electron chi connectivity index (χ1n) is 1.84. The Morgan fingerprint density at radius 3 is 1.71 bits per heavy atom. The molecule has 0 aromatic rings. The van der Waals surface area contributed by atoms with E-state index in [0.717, 1.165) is 0 Å². The molecule has 0 atom stereocenters. The van der Waals surface area contributed by atoms with E-state index in [1.165, 1.54) is 0 Å². The number of hydrogen-bond donors (Lipinski definition) is 2. The summed E-state index contributed by atoms with van der Waals surface area (Å²) in [4.78, 5) is 0. The zero-order chi connectivity index (χ0) is 5.33. The largest absolute Gasteiger partial charge is 0.323 e. The topological polar surface area (TPSA) is 18.5 Å². The minimum Gasteiger partial charge on any atom is -0.323 e. The van der Waals surface area contributed by atoms with Crippen molar-refractivity contribution in [2.24, 2.45) is 0 Å². The lowest BCUT2D eigenvalue weighted by Gasteiger charge is -2.12. The Balaban J connectivity index is 2.40. The summed E-state index contributed by atoms with van der Waals surface area (Å²) in [5, 5.41) is 0. The van der Waals surface area contributed by atoms with E-state index in [0.29, 0.717) is 13.2 Å². The molecular weight excluding hydrogens is 151 g/mol. The number of rotatable bonds is 0. The van der Waals surface area contributed by atoms with E-state index in [9.17, 15) is 0 Å². The fourth-order valence-corrected chi connectivity index (χ4v) is 2.03. The van der Waals surface area contributed by atoms with E-state index in [1.54, 1.807) is 0 Å². The van der Waals surface area contributed by atoms with Gasteiger partial charge in [-0.2, -0.15) is 0 Å². The Labute approximate surface area is 53.4 Å². The van der Waals surface area contributed by atoms with Crippen LogP contribution in [0.4, 0.5) is 0 Å². The summed E-state index contributed by atoms with van der Waals surface area (Å²) < 4.78 is 9.92. The molecule has 1 rings (SSSR count). The van der Waals surface area contributed by atoms with Crippen molar-refractivity contribution < 1.29 is 9.05 Å². The van der Waals surface area contributed by atoms with Crippen LogP contribution in [0.25, 0.3) is 0 Å². The molecule has 1 fully saturated rings. The van der Waals surface area contributed by atoms with Crippen LogP contribution in [-0.2, 0) is 9.05 Å². The fourth-order valence-electron chi connectivity index (χ4n) is 0.350. The van der Waals surface area contributed by atoms with Gasteiger partial charge in [0, 0.05) is 0 Å². The molecule has 0 saturated carbocycles. The second kappa shape index (κ2) is 2.11. The third-order valence-corrected chi connectivity index (χ3v) is 3.03. The molecule has 0 amide bonds. The van der Waals surface area contributed by atoms with Crippen LogP contribution in [0.15, 0.2) is 0 Å². The minimum atomic E-state index is -1.90. The Kier molecular flexibility index (Phi) is 1.86. The molecule has 1 saturated heterocycles. The average molecular weight is 157 g/mol. The summed E-state index contributed by atoms with van der Waals surface area (Å²) in [5.41, 5.74) is 0. The fraction of sp³-hybridized carbons (Fsp3) is 1.00. The quantitative estimate of drug-likeness (QED) is 0.410. The van der Waals surface area contributed by atoms with Crippen LogP contribution in [0.1, 0.15) is 0 Å². The van der Waals surface area contributed by atoms with Gasteiger partial charge in [0.25, 0.3) is 0 Å². The SMILES string of the molecule is S[P]1(S)OCCO1. The smallest absolute Gasteiger partial charge is 0.210 e. The van der Waals surface area contributed by atoms with Crippen LogP contribution in [0, 0.1) is 0 Å². The van der Waals surface area contributed by atoms with Crippen LogP contribution < -0.4 is 0 Å². The predicted octanol–water partition coefficient (Wildman–Crippen LogP) is 1.57. The molecule has 1 heterocycles. The second-order valence-corrected chi connectivity index (χ2v) is 6.76. The van der Waals surface area contributed by atoms with Gasteiger partial charge in [0.1, 0.15) is 0 Å². The van der Waals surface area contributed by atoms with Gasteiger partial charge in [-0.05, 0) is 0 Å². The Morgan fingerprint density at radius 1 is 1.14 bits per heavy atom. The van der Waals surface area contributed by atoms with Crippen molar-refractivity contribution in [2.75, 3.05) is 13.2 Å². The maximum absolute atomic E-state index is 4.96. The zero-order valence-corrected chi connectivity index (χ0v) is 6.26. The van der Waals surface area contributed by atoms with E-state index in [2.05, 4.69) is 24.5 Å². The first kappa shape index (κ1) is 6.17. The third-order valence-electron chi connectivity index (χ3n) is 0.602. The van der Waals surface area contributed by atoms with Gasteiger partial charge in [-0.3, -0.25) is 0 Å². The first-order chi connectivity index (χ1) is 3.21. The van der Waals surface area contributed by atoms with Gasteiger partial charge in [0.2, 0.25) is 6.12 Å². The van der Waals surface area contributed by atoms with Gasteiger partial charge in [-0.25, -0.2) is 0 Å². The maximum Gasteiger partial charge on any atom is 0.210 e. The van der Waals surface area contributed by atoms with E-state index in [1.807, 2.05) is 0 Å². The normalized spacial score (nSPS) is 28.3. The van der Waals surface area contributed by atoms with Crippen molar-refractivity contribution in [3.05, 3.63) is 0 Å². The molecule has 2 nitrogen and oxygen atoms in total. The molecule has 1 aliphatic rings. The third kappa shape index (κ3) is 1.78. The number of thiol groups is 2. The van der Waals surface area contributed by atoms with Crippen molar-refractivity contribution in [1.29, 1.82) is 0 Å². The van der Waals surface area contributed by atoms with Gasteiger partial charge >= 0.3 is 0 Å². The summed E-state index contributed by atoms with van der Waals surface area (Å²) in [6.07, 6.45) is -1.90. The van der Waals surface area contributed by atoms with Gasteiger partial charge in [0.15, 0.2) is 0 Å². The van der Waals surface area contributed by atoms with Crippen LogP contribution in [0.5, 0.6) is 0 Å². The molecule has 1 radical (unpaired) electrons. The average Bonchev–Trinajstić information content (AvgIpc) is 1.84. The van der Waals surface area contributed by atoms with Crippen molar-refractivity contribution in [1.82, 2.24) is 0 Å². The van der Waals surface area contributed by atoms with Gasteiger partial charge in [0.05, 0.1) is 13.2 Å². The highest BCUT2D eigenvalue weighted by molar-refractivity contribution is 8.82. The van der Waals surface area contributed by atoms with Crippen molar-refractivity contribution in [3.8, 4) is 0 Å². The lowest BCUT2D eigenvalue weighted by atomic mass is 10.8. The lowest BCUT2D eigenvalue weighted by molar-refractivity contribution is 0.365. The van der Waals surface area contributed by atoms with Crippen molar-refractivity contribution >= 4 is 30.6 Å². The monoisotopic (exact) mass is 157 g/mol. The highest BCUT2D eigenvalue weighted by Gasteiger charge is 2.24. The molecule has 1 aliphatic heterocycles. The maximum atomic E-state index is 4.96.